The maximum Gasteiger partial charge on any atom is 0.292 e. The van der Waals surface area contributed by atoms with Gasteiger partial charge in [0.25, 0.3) is 5.91 Å². The van der Waals surface area contributed by atoms with Gasteiger partial charge in [0, 0.05) is 11.4 Å². The summed E-state index contributed by atoms with van der Waals surface area (Å²) in [5.41, 5.74) is 1.78. The molecule has 2 amide bonds. The van der Waals surface area contributed by atoms with Crippen molar-refractivity contribution in [2.24, 2.45) is 0 Å². The van der Waals surface area contributed by atoms with Crippen LogP contribution in [0.5, 0.6) is 0 Å². The van der Waals surface area contributed by atoms with Crippen molar-refractivity contribution in [2.45, 2.75) is 18.9 Å². The molecule has 0 aliphatic carbocycles. The second-order valence-corrected chi connectivity index (χ2v) is 6.05. The Bertz CT molecular complexity index is 718. The molecule has 1 atom stereocenters. The minimum Gasteiger partial charge on any atom is -0.335 e. The maximum absolute atomic E-state index is 12.5. The van der Waals surface area contributed by atoms with E-state index in [9.17, 15) is 9.59 Å². The highest BCUT2D eigenvalue weighted by molar-refractivity contribution is 6.31. The molecule has 23 heavy (non-hydrogen) atoms. The number of hydrogen-bond donors (Lipinski definition) is 1. The highest BCUT2D eigenvalue weighted by Gasteiger charge is 2.42. The minimum absolute atomic E-state index is 0.162. The largest absolute Gasteiger partial charge is 0.335 e. The lowest BCUT2D eigenvalue weighted by atomic mass is 10.1. The first-order chi connectivity index (χ1) is 11.1. The fourth-order valence-corrected chi connectivity index (χ4v) is 3.01. The predicted molar refractivity (Wildman–Crippen MR) is 89.3 cm³/mol. The molecule has 0 bridgehead atoms. The number of carbonyl (C=O) groups excluding carboxylic acids is 2. The molecule has 2 N–H and O–H groups in total. The molecule has 4 nitrogen and oxygen atoms in total. The normalized spacial score (nSPS) is 17.8. The first-order valence-electron chi connectivity index (χ1n) is 7.65. The molecule has 3 rings (SSSR count). The summed E-state index contributed by atoms with van der Waals surface area (Å²) in [5.74, 6) is -0.330. The third-order valence-electron chi connectivity index (χ3n) is 3.97. The maximum atomic E-state index is 12.5. The van der Waals surface area contributed by atoms with Crippen LogP contribution in [0.4, 0.5) is 5.69 Å². The monoisotopic (exact) mass is 329 g/mol. The lowest BCUT2D eigenvalue weighted by molar-refractivity contribution is -0.674. The van der Waals surface area contributed by atoms with Crippen LogP contribution in [0.1, 0.15) is 12.0 Å². The quantitative estimate of drug-likeness (QED) is 0.850. The Morgan fingerprint density at radius 2 is 1.87 bits per heavy atom. The van der Waals surface area contributed by atoms with E-state index in [0.717, 1.165) is 13.0 Å². The van der Waals surface area contributed by atoms with Crippen molar-refractivity contribution >= 4 is 29.1 Å². The fraction of sp³-hybridized carbons (Fsp3) is 0.222. The number of anilines is 1. The minimum atomic E-state index is -0.342. The van der Waals surface area contributed by atoms with E-state index in [1.165, 1.54) is 10.5 Å². The van der Waals surface area contributed by atoms with Crippen LogP contribution in [0.2, 0.25) is 5.02 Å². The molecule has 0 aromatic heterocycles. The van der Waals surface area contributed by atoms with Gasteiger partial charge in [-0.1, -0.05) is 48.0 Å². The molecule has 2 aromatic carbocycles. The van der Waals surface area contributed by atoms with Crippen molar-refractivity contribution < 1.29 is 14.9 Å². The van der Waals surface area contributed by atoms with Gasteiger partial charge in [0.2, 0.25) is 5.91 Å². The fourth-order valence-electron chi connectivity index (χ4n) is 2.82. The van der Waals surface area contributed by atoms with Gasteiger partial charge in [0.1, 0.15) is 0 Å². The number of carbonyl (C=O) groups is 2. The summed E-state index contributed by atoms with van der Waals surface area (Å²) in [6.07, 6.45) is 1.11. The van der Waals surface area contributed by atoms with Gasteiger partial charge in [0.05, 0.1) is 18.7 Å². The molecule has 5 heteroatoms. The van der Waals surface area contributed by atoms with E-state index in [1.807, 2.05) is 23.5 Å². The van der Waals surface area contributed by atoms with Crippen LogP contribution in [-0.4, -0.2) is 24.4 Å². The molecular weight excluding hydrogens is 312 g/mol. The standard InChI is InChI=1S/C18H17ClN2O2/c19-14-7-4-8-15(11-14)21-17(22)12-16(18(21)23)20-10-9-13-5-2-1-3-6-13/h1-8,11,16,20H,9-10,12H2/p+1/t16-/m1/s1. The van der Waals surface area contributed by atoms with Gasteiger partial charge in [-0.05, 0) is 23.8 Å². The third-order valence-corrected chi connectivity index (χ3v) is 4.21. The molecule has 1 aliphatic rings. The number of benzene rings is 2. The van der Waals surface area contributed by atoms with Crippen molar-refractivity contribution in [3.63, 3.8) is 0 Å². The summed E-state index contributed by atoms with van der Waals surface area (Å²) in [6.45, 7) is 0.775. The molecule has 0 spiro atoms. The lowest BCUT2D eigenvalue weighted by Gasteiger charge is -2.14. The van der Waals surface area contributed by atoms with Crippen LogP contribution >= 0.6 is 11.6 Å². The van der Waals surface area contributed by atoms with Gasteiger partial charge < -0.3 is 5.32 Å². The number of nitrogens with two attached hydrogens (primary N) is 1. The summed E-state index contributed by atoms with van der Waals surface area (Å²) in [6, 6.07) is 16.6. The van der Waals surface area contributed by atoms with Crippen molar-refractivity contribution in [3.8, 4) is 0 Å². The molecule has 1 saturated heterocycles. The van der Waals surface area contributed by atoms with Crippen LogP contribution in [0.15, 0.2) is 54.6 Å². The second-order valence-electron chi connectivity index (χ2n) is 5.62. The molecule has 0 unspecified atom stereocenters. The predicted octanol–water partition coefficient (Wildman–Crippen LogP) is 1.78. The number of hydrogen-bond acceptors (Lipinski definition) is 2. The summed E-state index contributed by atoms with van der Waals surface area (Å²) < 4.78 is 0. The first kappa shape index (κ1) is 15.7. The summed E-state index contributed by atoms with van der Waals surface area (Å²) in [5, 5.41) is 2.47. The Morgan fingerprint density at radius 3 is 2.61 bits per heavy atom. The Balaban J connectivity index is 1.62. The Kier molecular flexibility index (Phi) is 4.74. The highest BCUT2D eigenvalue weighted by atomic mass is 35.5. The van der Waals surface area contributed by atoms with Gasteiger partial charge in [-0.15, -0.1) is 0 Å². The average molecular weight is 330 g/mol. The number of quaternary nitrogens is 1. The van der Waals surface area contributed by atoms with Crippen molar-refractivity contribution in [1.29, 1.82) is 0 Å². The molecule has 1 fully saturated rings. The van der Waals surface area contributed by atoms with Crippen molar-refractivity contribution in [1.82, 2.24) is 0 Å². The van der Waals surface area contributed by atoms with Crippen LogP contribution in [0.3, 0.4) is 0 Å². The molecule has 0 radical (unpaired) electrons. The van der Waals surface area contributed by atoms with Crippen LogP contribution in [0.25, 0.3) is 0 Å². The zero-order valence-corrected chi connectivity index (χ0v) is 13.4. The van der Waals surface area contributed by atoms with E-state index in [1.54, 1.807) is 24.3 Å². The third kappa shape index (κ3) is 3.60. The van der Waals surface area contributed by atoms with E-state index < -0.39 is 0 Å². The molecule has 118 valence electrons. The summed E-state index contributed by atoms with van der Waals surface area (Å²) >= 11 is 5.95. The van der Waals surface area contributed by atoms with E-state index >= 15 is 0 Å². The number of imide groups is 1. The van der Waals surface area contributed by atoms with Crippen molar-refractivity contribution in [3.05, 3.63) is 65.2 Å². The number of nitrogens with zero attached hydrogens (tertiary/aromatic N) is 1. The zero-order chi connectivity index (χ0) is 16.2. The molecule has 1 aliphatic heterocycles. The van der Waals surface area contributed by atoms with Gasteiger partial charge >= 0.3 is 0 Å². The van der Waals surface area contributed by atoms with Crippen LogP contribution < -0.4 is 10.2 Å². The zero-order valence-electron chi connectivity index (χ0n) is 12.6. The SMILES string of the molecule is O=C1C[C@@H]([NH2+]CCc2ccccc2)C(=O)N1c1cccc(Cl)c1. The van der Waals surface area contributed by atoms with Crippen molar-refractivity contribution in [2.75, 3.05) is 11.4 Å². The molecule has 2 aromatic rings. The van der Waals surface area contributed by atoms with Gasteiger partial charge in [-0.2, -0.15) is 0 Å². The van der Waals surface area contributed by atoms with E-state index in [2.05, 4.69) is 12.1 Å². The van der Waals surface area contributed by atoms with Crippen LogP contribution in [-0.2, 0) is 16.0 Å². The Labute approximate surface area is 140 Å². The van der Waals surface area contributed by atoms with Gasteiger partial charge in [0.15, 0.2) is 6.04 Å². The Morgan fingerprint density at radius 1 is 1.09 bits per heavy atom. The number of halogens is 1. The van der Waals surface area contributed by atoms with Gasteiger partial charge in [-0.25, -0.2) is 4.90 Å². The lowest BCUT2D eigenvalue weighted by Crippen LogP contribution is -2.92. The molecule has 0 saturated carbocycles. The number of amides is 2. The van der Waals surface area contributed by atoms with Gasteiger partial charge in [-0.3, -0.25) is 9.59 Å². The second kappa shape index (κ2) is 6.94. The van der Waals surface area contributed by atoms with Crippen LogP contribution in [0, 0.1) is 0 Å². The summed E-state index contributed by atoms with van der Waals surface area (Å²) in [7, 11) is 0. The van der Waals surface area contributed by atoms with E-state index in [4.69, 9.17) is 11.6 Å². The van der Waals surface area contributed by atoms with E-state index in [0.29, 0.717) is 10.7 Å². The average Bonchev–Trinajstić information content (AvgIpc) is 2.82. The molecular formula is C18H18ClN2O2+. The number of rotatable bonds is 5. The first-order valence-corrected chi connectivity index (χ1v) is 8.02. The summed E-state index contributed by atoms with van der Waals surface area (Å²) in [4.78, 5) is 25.9. The topological polar surface area (TPSA) is 54.0 Å². The van der Waals surface area contributed by atoms with E-state index in [-0.39, 0.29) is 24.3 Å². The highest BCUT2D eigenvalue weighted by Crippen LogP contribution is 2.24. The Hall–Kier alpha value is -2.17. The molecule has 1 heterocycles. The smallest absolute Gasteiger partial charge is 0.292 e.